The van der Waals surface area contributed by atoms with Crippen molar-refractivity contribution in [2.75, 3.05) is 6.61 Å². The fraction of sp³-hybridized carbons (Fsp3) is 1.00. The van der Waals surface area contributed by atoms with Crippen LogP contribution in [0.3, 0.4) is 0 Å². The Morgan fingerprint density at radius 3 is 2.41 bits per heavy atom. The minimum absolute atomic E-state index is 0.136. The van der Waals surface area contributed by atoms with Gasteiger partial charge in [0, 0.05) is 6.61 Å². The molecule has 1 aliphatic carbocycles. The van der Waals surface area contributed by atoms with E-state index in [2.05, 4.69) is 13.8 Å². The molecule has 2 fully saturated rings. The second kappa shape index (κ2) is 6.19. The summed E-state index contributed by atoms with van der Waals surface area (Å²) < 4.78 is 5.73. The molecule has 4 atom stereocenters. The van der Waals surface area contributed by atoms with Crippen LogP contribution in [0.5, 0.6) is 0 Å². The largest absolute Gasteiger partial charge is 0.393 e. The molecule has 0 aromatic carbocycles. The fourth-order valence-electron chi connectivity index (χ4n) is 3.78. The predicted molar refractivity (Wildman–Crippen MR) is 69.9 cm³/mol. The van der Waals surface area contributed by atoms with Crippen molar-refractivity contribution in [3.8, 4) is 0 Å². The summed E-state index contributed by atoms with van der Waals surface area (Å²) in [7, 11) is 0. The Hall–Kier alpha value is -0.0800. The van der Waals surface area contributed by atoms with Crippen LogP contribution in [-0.4, -0.2) is 23.9 Å². The summed E-state index contributed by atoms with van der Waals surface area (Å²) in [6.45, 7) is 5.55. The SMILES string of the molecule is CC1CC(C)CC(C(O)CC2CCCCO2)C1. The maximum absolute atomic E-state index is 10.4. The van der Waals surface area contributed by atoms with E-state index in [4.69, 9.17) is 4.74 Å². The summed E-state index contributed by atoms with van der Waals surface area (Å²) in [5.41, 5.74) is 0. The van der Waals surface area contributed by atoms with Crippen molar-refractivity contribution in [1.82, 2.24) is 0 Å². The number of aliphatic hydroxyl groups is 1. The van der Waals surface area contributed by atoms with Gasteiger partial charge in [0.15, 0.2) is 0 Å². The molecule has 1 heterocycles. The van der Waals surface area contributed by atoms with Crippen LogP contribution in [0, 0.1) is 17.8 Å². The molecule has 1 N–H and O–H groups in total. The summed E-state index contributed by atoms with van der Waals surface area (Å²) in [4.78, 5) is 0. The van der Waals surface area contributed by atoms with Crippen LogP contribution in [0.15, 0.2) is 0 Å². The molecule has 2 aliphatic rings. The first-order valence-electron chi connectivity index (χ1n) is 7.44. The van der Waals surface area contributed by atoms with E-state index in [9.17, 15) is 5.11 Å². The van der Waals surface area contributed by atoms with Gasteiger partial charge in [0.2, 0.25) is 0 Å². The minimum atomic E-state index is -0.136. The molecule has 17 heavy (non-hydrogen) atoms. The smallest absolute Gasteiger partial charge is 0.0599 e. The molecule has 2 nitrogen and oxygen atoms in total. The summed E-state index contributed by atoms with van der Waals surface area (Å²) in [5, 5.41) is 10.4. The summed E-state index contributed by atoms with van der Waals surface area (Å²) >= 11 is 0. The van der Waals surface area contributed by atoms with Gasteiger partial charge in [0.1, 0.15) is 0 Å². The van der Waals surface area contributed by atoms with Crippen LogP contribution in [0.1, 0.15) is 58.8 Å². The van der Waals surface area contributed by atoms with Crippen LogP contribution in [0.2, 0.25) is 0 Å². The zero-order valence-electron chi connectivity index (χ0n) is 11.4. The van der Waals surface area contributed by atoms with Gasteiger partial charge in [0.05, 0.1) is 12.2 Å². The summed E-state index contributed by atoms with van der Waals surface area (Å²) in [6.07, 6.45) is 8.42. The van der Waals surface area contributed by atoms with Crippen molar-refractivity contribution in [2.24, 2.45) is 17.8 Å². The normalized spacial score (nSPS) is 41.1. The van der Waals surface area contributed by atoms with Gasteiger partial charge >= 0.3 is 0 Å². The molecule has 0 bridgehead atoms. The van der Waals surface area contributed by atoms with E-state index < -0.39 is 0 Å². The lowest BCUT2D eigenvalue weighted by Gasteiger charge is -2.36. The van der Waals surface area contributed by atoms with Gasteiger partial charge in [-0.25, -0.2) is 0 Å². The van der Waals surface area contributed by atoms with Crippen LogP contribution < -0.4 is 0 Å². The average Bonchev–Trinajstić information content (AvgIpc) is 2.29. The second-order valence-corrected chi connectivity index (χ2v) is 6.47. The lowest BCUT2D eigenvalue weighted by molar-refractivity contribution is -0.0372. The lowest BCUT2D eigenvalue weighted by atomic mass is 9.73. The third kappa shape index (κ3) is 3.96. The first-order valence-corrected chi connectivity index (χ1v) is 7.44. The second-order valence-electron chi connectivity index (χ2n) is 6.47. The fourth-order valence-corrected chi connectivity index (χ4v) is 3.78. The Kier molecular flexibility index (Phi) is 4.87. The van der Waals surface area contributed by atoms with Crippen LogP contribution in [0.25, 0.3) is 0 Å². The molecule has 4 unspecified atom stereocenters. The molecule has 1 saturated carbocycles. The van der Waals surface area contributed by atoms with Gasteiger partial charge in [-0.05, 0) is 62.7 Å². The highest BCUT2D eigenvalue weighted by Crippen LogP contribution is 2.36. The van der Waals surface area contributed by atoms with Gasteiger partial charge < -0.3 is 9.84 Å². The number of aliphatic hydroxyl groups excluding tert-OH is 1. The summed E-state index contributed by atoms with van der Waals surface area (Å²) in [6, 6.07) is 0. The molecule has 1 saturated heterocycles. The molecule has 0 amide bonds. The number of hydrogen-bond donors (Lipinski definition) is 1. The Morgan fingerprint density at radius 1 is 1.12 bits per heavy atom. The van der Waals surface area contributed by atoms with E-state index >= 15 is 0 Å². The van der Waals surface area contributed by atoms with Crippen LogP contribution in [-0.2, 0) is 4.74 Å². The first kappa shape index (κ1) is 13.4. The zero-order chi connectivity index (χ0) is 12.3. The van der Waals surface area contributed by atoms with E-state index in [0.717, 1.165) is 31.3 Å². The lowest BCUT2D eigenvalue weighted by Crippen LogP contribution is -2.33. The highest BCUT2D eigenvalue weighted by molar-refractivity contribution is 4.81. The van der Waals surface area contributed by atoms with Crippen molar-refractivity contribution in [2.45, 2.75) is 71.0 Å². The van der Waals surface area contributed by atoms with Crippen molar-refractivity contribution in [3.05, 3.63) is 0 Å². The Bertz CT molecular complexity index is 213. The molecule has 1 aliphatic heterocycles. The molecule has 0 aromatic rings. The number of ether oxygens (including phenoxy) is 1. The Balaban J connectivity index is 1.79. The van der Waals surface area contributed by atoms with Crippen molar-refractivity contribution in [3.63, 3.8) is 0 Å². The highest BCUT2D eigenvalue weighted by Gasteiger charge is 2.30. The molecular formula is C15H28O2. The van der Waals surface area contributed by atoms with Gasteiger partial charge in [-0.15, -0.1) is 0 Å². The quantitative estimate of drug-likeness (QED) is 0.819. The zero-order valence-corrected chi connectivity index (χ0v) is 11.4. The van der Waals surface area contributed by atoms with E-state index in [-0.39, 0.29) is 6.10 Å². The van der Waals surface area contributed by atoms with E-state index in [1.165, 1.54) is 32.1 Å². The minimum Gasteiger partial charge on any atom is -0.393 e. The molecular weight excluding hydrogens is 212 g/mol. The highest BCUT2D eigenvalue weighted by atomic mass is 16.5. The molecule has 0 spiro atoms. The molecule has 100 valence electrons. The third-order valence-corrected chi connectivity index (χ3v) is 4.54. The van der Waals surface area contributed by atoms with Crippen LogP contribution >= 0.6 is 0 Å². The first-order chi connectivity index (χ1) is 8.15. The van der Waals surface area contributed by atoms with E-state index in [0.29, 0.717) is 12.0 Å². The topological polar surface area (TPSA) is 29.5 Å². The van der Waals surface area contributed by atoms with Crippen molar-refractivity contribution in [1.29, 1.82) is 0 Å². The van der Waals surface area contributed by atoms with Crippen molar-refractivity contribution >= 4 is 0 Å². The third-order valence-electron chi connectivity index (χ3n) is 4.54. The molecule has 2 rings (SSSR count). The summed E-state index contributed by atoms with van der Waals surface area (Å²) in [5.74, 6) is 2.08. The van der Waals surface area contributed by atoms with Gasteiger partial charge in [-0.1, -0.05) is 13.8 Å². The van der Waals surface area contributed by atoms with Crippen molar-refractivity contribution < 1.29 is 9.84 Å². The standard InChI is InChI=1S/C15H28O2/c1-11-7-12(2)9-13(8-11)15(16)10-14-5-3-4-6-17-14/h11-16H,3-10H2,1-2H3. The van der Waals surface area contributed by atoms with E-state index in [1.54, 1.807) is 0 Å². The van der Waals surface area contributed by atoms with Gasteiger partial charge in [-0.2, -0.15) is 0 Å². The Labute approximate surface area is 106 Å². The number of hydrogen-bond acceptors (Lipinski definition) is 2. The Morgan fingerprint density at radius 2 is 1.82 bits per heavy atom. The maximum atomic E-state index is 10.4. The number of rotatable bonds is 3. The predicted octanol–water partition coefficient (Wildman–Crippen LogP) is 3.38. The van der Waals surface area contributed by atoms with Crippen LogP contribution in [0.4, 0.5) is 0 Å². The average molecular weight is 240 g/mol. The van der Waals surface area contributed by atoms with Gasteiger partial charge in [-0.3, -0.25) is 0 Å². The molecule has 2 heteroatoms. The van der Waals surface area contributed by atoms with Gasteiger partial charge in [0.25, 0.3) is 0 Å². The monoisotopic (exact) mass is 240 g/mol. The van der Waals surface area contributed by atoms with E-state index in [1.807, 2.05) is 0 Å². The maximum Gasteiger partial charge on any atom is 0.0599 e. The molecule has 0 radical (unpaired) electrons. The molecule has 0 aromatic heterocycles.